The first-order valence-corrected chi connectivity index (χ1v) is 10.4. The maximum absolute atomic E-state index is 13.4. The van der Waals surface area contributed by atoms with Crippen LogP contribution in [0.15, 0.2) is 58.4 Å². The van der Waals surface area contributed by atoms with Crippen LogP contribution in [0.4, 0.5) is 4.39 Å². The fourth-order valence-electron chi connectivity index (χ4n) is 2.91. The summed E-state index contributed by atoms with van der Waals surface area (Å²) in [6.07, 6.45) is 1.84. The minimum Gasteiger partial charge on any atom is -0.488 e. The number of ether oxygens (including phenoxy) is 1. The Labute approximate surface area is 175 Å². The molecule has 29 heavy (non-hydrogen) atoms. The predicted octanol–water partition coefficient (Wildman–Crippen LogP) is 5.49. The SMILES string of the molecule is CC(C)N=C1S/C(=C/c2ccccc2OCc2cccc(F)c2)C(=O)N1C(C)C. The molecule has 0 N–H and O–H groups in total. The molecule has 152 valence electrons. The quantitative estimate of drug-likeness (QED) is 0.589. The zero-order valence-corrected chi connectivity index (χ0v) is 17.9. The zero-order valence-electron chi connectivity index (χ0n) is 17.1. The summed E-state index contributed by atoms with van der Waals surface area (Å²) in [4.78, 5) is 19.9. The molecule has 6 heteroatoms. The molecule has 1 aliphatic heterocycles. The lowest BCUT2D eigenvalue weighted by Gasteiger charge is -2.20. The molecule has 2 aromatic rings. The molecule has 3 rings (SSSR count). The van der Waals surface area contributed by atoms with Crippen molar-refractivity contribution in [2.75, 3.05) is 0 Å². The van der Waals surface area contributed by atoms with Crippen molar-refractivity contribution < 1.29 is 13.9 Å². The number of carbonyl (C=O) groups excluding carboxylic acids is 1. The summed E-state index contributed by atoms with van der Waals surface area (Å²) >= 11 is 1.39. The highest BCUT2D eigenvalue weighted by molar-refractivity contribution is 8.18. The number of amides is 1. The van der Waals surface area contributed by atoms with Crippen molar-refractivity contribution in [3.63, 3.8) is 0 Å². The molecule has 2 aromatic carbocycles. The summed E-state index contributed by atoms with van der Waals surface area (Å²) in [5.41, 5.74) is 1.55. The van der Waals surface area contributed by atoms with E-state index in [0.29, 0.717) is 10.7 Å². The van der Waals surface area contributed by atoms with Gasteiger partial charge in [0, 0.05) is 17.6 Å². The van der Waals surface area contributed by atoms with Crippen LogP contribution in [-0.2, 0) is 11.4 Å². The number of halogens is 1. The summed E-state index contributed by atoms with van der Waals surface area (Å²) in [7, 11) is 0. The van der Waals surface area contributed by atoms with E-state index in [9.17, 15) is 9.18 Å². The van der Waals surface area contributed by atoms with Crippen molar-refractivity contribution in [3.05, 3.63) is 70.4 Å². The smallest absolute Gasteiger partial charge is 0.266 e. The first-order valence-electron chi connectivity index (χ1n) is 9.62. The van der Waals surface area contributed by atoms with E-state index in [1.165, 1.54) is 23.9 Å². The molecule has 1 aliphatic rings. The minimum atomic E-state index is -0.291. The number of benzene rings is 2. The Kier molecular flexibility index (Phi) is 6.75. The average molecular weight is 413 g/mol. The molecule has 0 saturated carbocycles. The van der Waals surface area contributed by atoms with Crippen molar-refractivity contribution >= 4 is 28.9 Å². The van der Waals surface area contributed by atoms with Gasteiger partial charge in [-0.05, 0) is 69.3 Å². The molecule has 1 heterocycles. The fraction of sp³-hybridized carbons (Fsp3) is 0.304. The second-order valence-electron chi connectivity index (χ2n) is 7.34. The molecular weight excluding hydrogens is 387 g/mol. The molecular formula is C23H25FN2O2S. The van der Waals surface area contributed by atoms with Gasteiger partial charge in [0.25, 0.3) is 5.91 Å². The van der Waals surface area contributed by atoms with Crippen molar-refractivity contribution in [2.45, 2.75) is 46.4 Å². The summed E-state index contributed by atoms with van der Waals surface area (Å²) in [6, 6.07) is 14.0. The van der Waals surface area contributed by atoms with Crippen LogP contribution in [0.5, 0.6) is 5.75 Å². The second-order valence-corrected chi connectivity index (χ2v) is 8.35. The Bertz CT molecular complexity index is 953. The van der Waals surface area contributed by atoms with Crippen LogP contribution in [-0.4, -0.2) is 28.1 Å². The summed E-state index contributed by atoms with van der Waals surface area (Å²) in [5.74, 6) is 0.299. The lowest BCUT2D eigenvalue weighted by atomic mass is 10.1. The van der Waals surface area contributed by atoms with E-state index < -0.39 is 0 Å². The minimum absolute atomic E-state index is 0.0258. The Morgan fingerprint density at radius 2 is 1.90 bits per heavy atom. The Morgan fingerprint density at radius 3 is 2.59 bits per heavy atom. The largest absolute Gasteiger partial charge is 0.488 e. The third-order valence-corrected chi connectivity index (χ3v) is 5.21. The van der Waals surface area contributed by atoms with Crippen LogP contribution in [0.25, 0.3) is 6.08 Å². The number of amidine groups is 1. The van der Waals surface area contributed by atoms with Crippen LogP contribution in [0.3, 0.4) is 0 Å². The van der Waals surface area contributed by atoms with E-state index >= 15 is 0 Å². The van der Waals surface area contributed by atoms with Gasteiger partial charge in [0.1, 0.15) is 18.2 Å². The van der Waals surface area contributed by atoms with Crippen LogP contribution in [0.2, 0.25) is 0 Å². The van der Waals surface area contributed by atoms with E-state index in [2.05, 4.69) is 4.99 Å². The molecule has 1 amide bonds. The normalized spacial score (nSPS) is 17.2. The van der Waals surface area contributed by atoms with Gasteiger partial charge in [-0.15, -0.1) is 0 Å². The lowest BCUT2D eigenvalue weighted by molar-refractivity contribution is -0.123. The third kappa shape index (κ3) is 5.26. The number of nitrogens with zero attached hydrogens (tertiary/aromatic N) is 2. The van der Waals surface area contributed by atoms with Crippen molar-refractivity contribution in [2.24, 2.45) is 4.99 Å². The van der Waals surface area contributed by atoms with Gasteiger partial charge < -0.3 is 4.74 Å². The predicted molar refractivity (Wildman–Crippen MR) is 117 cm³/mol. The first-order chi connectivity index (χ1) is 13.8. The Balaban J connectivity index is 1.86. The fourth-order valence-corrected chi connectivity index (χ4v) is 4.14. The highest BCUT2D eigenvalue weighted by Crippen LogP contribution is 2.35. The van der Waals surface area contributed by atoms with Gasteiger partial charge in [0.2, 0.25) is 0 Å². The van der Waals surface area contributed by atoms with E-state index in [-0.39, 0.29) is 30.4 Å². The van der Waals surface area contributed by atoms with E-state index in [1.54, 1.807) is 11.0 Å². The number of rotatable bonds is 6. The summed E-state index contributed by atoms with van der Waals surface area (Å²) < 4.78 is 19.3. The number of thioether (sulfide) groups is 1. The van der Waals surface area contributed by atoms with Gasteiger partial charge in [0.15, 0.2) is 5.17 Å². The molecule has 1 saturated heterocycles. The molecule has 0 aromatic heterocycles. The Hall–Kier alpha value is -2.60. The van der Waals surface area contributed by atoms with Crippen LogP contribution >= 0.6 is 11.8 Å². The Morgan fingerprint density at radius 1 is 1.14 bits per heavy atom. The molecule has 0 bridgehead atoms. The highest BCUT2D eigenvalue weighted by atomic mass is 32.2. The van der Waals surface area contributed by atoms with Crippen LogP contribution in [0, 0.1) is 5.82 Å². The van der Waals surface area contributed by atoms with E-state index in [4.69, 9.17) is 4.74 Å². The van der Waals surface area contributed by atoms with Gasteiger partial charge in [-0.3, -0.25) is 14.7 Å². The second kappa shape index (κ2) is 9.27. The number of carbonyl (C=O) groups is 1. The first kappa shape index (κ1) is 21.1. The highest BCUT2D eigenvalue weighted by Gasteiger charge is 2.35. The van der Waals surface area contributed by atoms with Crippen LogP contribution < -0.4 is 4.74 Å². The number of hydrogen-bond donors (Lipinski definition) is 0. The third-order valence-electron chi connectivity index (χ3n) is 4.21. The zero-order chi connectivity index (χ0) is 21.0. The molecule has 0 unspecified atom stereocenters. The number of hydrogen-bond acceptors (Lipinski definition) is 4. The monoisotopic (exact) mass is 412 g/mol. The lowest BCUT2D eigenvalue weighted by Crippen LogP contribution is -2.35. The molecule has 0 radical (unpaired) electrons. The molecule has 0 aliphatic carbocycles. The van der Waals surface area contributed by atoms with E-state index in [1.807, 2.05) is 64.1 Å². The standard InChI is InChI=1S/C23H25FN2O2S/c1-15(2)25-23-26(16(3)4)22(27)21(29-23)13-18-9-5-6-11-20(18)28-14-17-8-7-10-19(24)12-17/h5-13,15-16H,14H2,1-4H3/b21-13+,25-23?. The summed E-state index contributed by atoms with van der Waals surface area (Å²) in [6.45, 7) is 8.19. The topological polar surface area (TPSA) is 41.9 Å². The van der Waals surface area contributed by atoms with Gasteiger partial charge >= 0.3 is 0 Å². The van der Waals surface area contributed by atoms with E-state index in [0.717, 1.165) is 16.3 Å². The van der Waals surface area contributed by atoms with Crippen LogP contribution in [0.1, 0.15) is 38.8 Å². The van der Waals surface area contributed by atoms with Crippen molar-refractivity contribution in [3.8, 4) is 5.75 Å². The van der Waals surface area contributed by atoms with Crippen molar-refractivity contribution in [1.82, 2.24) is 4.90 Å². The maximum Gasteiger partial charge on any atom is 0.266 e. The van der Waals surface area contributed by atoms with Gasteiger partial charge in [-0.2, -0.15) is 0 Å². The molecule has 1 fully saturated rings. The average Bonchev–Trinajstić information content (AvgIpc) is 2.95. The number of aliphatic imine (C=N–C) groups is 1. The molecule has 4 nitrogen and oxygen atoms in total. The van der Waals surface area contributed by atoms with Crippen molar-refractivity contribution in [1.29, 1.82) is 0 Å². The molecule has 0 spiro atoms. The van der Waals surface area contributed by atoms with Gasteiger partial charge in [-0.1, -0.05) is 30.3 Å². The van der Waals surface area contributed by atoms with Gasteiger partial charge in [0.05, 0.1) is 4.91 Å². The molecule has 0 atom stereocenters. The summed E-state index contributed by atoms with van der Waals surface area (Å²) in [5, 5.41) is 0.726. The maximum atomic E-state index is 13.4. The van der Waals surface area contributed by atoms with Gasteiger partial charge in [-0.25, -0.2) is 4.39 Å². The number of para-hydroxylation sites is 1.